The third kappa shape index (κ3) is 5.82. The largest absolute Gasteiger partial charge is 0.389 e. The molecule has 2 atom stereocenters. The standard InChI is InChI=1S/C13H28N2O2/c1-11(2)17-10-13(16)9-14(3)8-12-6-5-7-15(12)4/h11-13,16H,5-10H2,1-4H3. The molecule has 102 valence electrons. The molecule has 0 amide bonds. The highest BCUT2D eigenvalue weighted by molar-refractivity contribution is 4.79. The molecular weight excluding hydrogens is 216 g/mol. The minimum Gasteiger partial charge on any atom is -0.389 e. The van der Waals surface area contributed by atoms with Gasteiger partial charge in [0, 0.05) is 19.1 Å². The van der Waals surface area contributed by atoms with E-state index in [1.165, 1.54) is 19.4 Å². The smallest absolute Gasteiger partial charge is 0.0900 e. The Labute approximate surface area is 106 Å². The fourth-order valence-electron chi connectivity index (χ4n) is 2.36. The number of hydrogen-bond donors (Lipinski definition) is 1. The number of nitrogens with zero attached hydrogens (tertiary/aromatic N) is 2. The van der Waals surface area contributed by atoms with Crippen molar-refractivity contribution in [2.75, 3.05) is 40.3 Å². The molecule has 1 aliphatic rings. The zero-order valence-corrected chi connectivity index (χ0v) is 11.7. The average molecular weight is 244 g/mol. The quantitative estimate of drug-likeness (QED) is 0.718. The van der Waals surface area contributed by atoms with Crippen molar-refractivity contribution in [1.82, 2.24) is 9.80 Å². The van der Waals surface area contributed by atoms with Gasteiger partial charge < -0.3 is 19.6 Å². The minimum absolute atomic E-state index is 0.191. The van der Waals surface area contributed by atoms with E-state index in [0.29, 0.717) is 19.2 Å². The Morgan fingerprint density at radius 2 is 2.18 bits per heavy atom. The molecule has 1 saturated heterocycles. The lowest BCUT2D eigenvalue weighted by Crippen LogP contribution is -2.40. The molecule has 17 heavy (non-hydrogen) atoms. The van der Waals surface area contributed by atoms with Crippen molar-refractivity contribution in [3.05, 3.63) is 0 Å². The topological polar surface area (TPSA) is 35.9 Å². The third-order valence-electron chi connectivity index (χ3n) is 3.34. The first-order valence-corrected chi connectivity index (χ1v) is 6.67. The molecule has 1 N–H and O–H groups in total. The van der Waals surface area contributed by atoms with Gasteiger partial charge in [-0.15, -0.1) is 0 Å². The fourth-order valence-corrected chi connectivity index (χ4v) is 2.36. The maximum absolute atomic E-state index is 9.83. The number of likely N-dealkylation sites (N-methyl/N-ethyl adjacent to an activating group) is 2. The molecule has 1 rings (SSSR count). The van der Waals surface area contributed by atoms with Gasteiger partial charge in [-0.3, -0.25) is 0 Å². The molecule has 1 heterocycles. The summed E-state index contributed by atoms with van der Waals surface area (Å²) >= 11 is 0. The Balaban J connectivity index is 2.17. The molecular formula is C13H28N2O2. The summed E-state index contributed by atoms with van der Waals surface area (Å²) in [6, 6.07) is 0.651. The Morgan fingerprint density at radius 1 is 1.47 bits per heavy atom. The number of aliphatic hydroxyl groups excluding tert-OH is 1. The number of likely N-dealkylation sites (tertiary alicyclic amines) is 1. The maximum atomic E-state index is 9.83. The van der Waals surface area contributed by atoms with Crippen molar-refractivity contribution in [2.24, 2.45) is 0 Å². The highest BCUT2D eigenvalue weighted by Gasteiger charge is 2.22. The molecule has 0 radical (unpaired) electrons. The van der Waals surface area contributed by atoms with Crippen LogP contribution in [0.4, 0.5) is 0 Å². The summed E-state index contributed by atoms with van der Waals surface area (Å²) in [6.07, 6.45) is 2.39. The zero-order chi connectivity index (χ0) is 12.8. The van der Waals surface area contributed by atoms with E-state index in [2.05, 4.69) is 23.9 Å². The average Bonchev–Trinajstić information content (AvgIpc) is 2.61. The normalized spacial score (nSPS) is 23.8. The Hall–Kier alpha value is -0.160. The van der Waals surface area contributed by atoms with E-state index >= 15 is 0 Å². The molecule has 0 aliphatic carbocycles. The van der Waals surface area contributed by atoms with E-state index in [1.54, 1.807) is 0 Å². The van der Waals surface area contributed by atoms with E-state index in [1.807, 2.05) is 13.8 Å². The lowest BCUT2D eigenvalue weighted by molar-refractivity contribution is -0.00722. The molecule has 0 aromatic heterocycles. The molecule has 4 heteroatoms. The van der Waals surface area contributed by atoms with Crippen LogP contribution in [-0.2, 0) is 4.74 Å². The van der Waals surface area contributed by atoms with Crippen molar-refractivity contribution in [3.63, 3.8) is 0 Å². The molecule has 2 unspecified atom stereocenters. The first-order valence-electron chi connectivity index (χ1n) is 6.67. The molecule has 0 saturated carbocycles. The second-order valence-electron chi connectivity index (χ2n) is 5.53. The highest BCUT2D eigenvalue weighted by atomic mass is 16.5. The van der Waals surface area contributed by atoms with Gasteiger partial charge in [0.25, 0.3) is 0 Å². The second-order valence-corrected chi connectivity index (χ2v) is 5.53. The van der Waals surface area contributed by atoms with Gasteiger partial charge in [0.1, 0.15) is 0 Å². The number of hydrogen-bond acceptors (Lipinski definition) is 4. The Bertz CT molecular complexity index is 212. The van der Waals surface area contributed by atoms with E-state index < -0.39 is 0 Å². The Kier molecular flexibility index (Phi) is 6.41. The molecule has 0 bridgehead atoms. The van der Waals surface area contributed by atoms with Gasteiger partial charge in [0.05, 0.1) is 18.8 Å². The van der Waals surface area contributed by atoms with Crippen LogP contribution in [0.5, 0.6) is 0 Å². The number of rotatable bonds is 7. The first-order chi connectivity index (χ1) is 7.99. The van der Waals surface area contributed by atoms with Crippen molar-refractivity contribution in [3.8, 4) is 0 Å². The monoisotopic (exact) mass is 244 g/mol. The van der Waals surface area contributed by atoms with Crippen LogP contribution in [-0.4, -0.2) is 73.5 Å². The fraction of sp³-hybridized carbons (Fsp3) is 1.00. The van der Waals surface area contributed by atoms with Gasteiger partial charge in [-0.1, -0.05) is 0 Å². The molecule has 1 fully saturated rings. The van der Waals surface area contributed by atoms with Crippen molar-refractivity contribution < 1.29 is 9.84 Å². The predicted octanol–water partition coefficient (Wildman–Crippen LogP) is 0.798. The van der Waals surface area contributed by atoms with Gasteiger partial charge in [-0.25, -0.2) is 0 Å². The lowest BCUT2D eigenvalue weighted by Gasteiger charge is -2.27. The van der Waals surface area contributed by atoms with E-state index in [-0.39, 0.29) is 12.2 Å². The number of ether oxygens (including phenoxy) is 1. The van der Waals surface area contributed by atoms with E-state index in [0.717, 1.165) is 6.54 Å². The van der Waals surface area contributed by atoms with Crippen molar-refractivity contribution in [2.45, 2.75) is 44.9 Å². The summed E-state index contributed by atoms with van der Waals surface area (Å²) in [5, 5.41) is 9.83. The minimum atomic E-state index is -0.380. The van der Waals surface area contributed by atoms with Crippen LogP contribution in [0.3, 0.4) is 0 Å². The maximum Gasteiger partial charge on any atom is 0.0900 e. The lowest BCUT2D eigenvalue weighted by atomic mass is 10.2. The summed E-state index contributed by atoms with van der Waals surface area (Å²) in [6.45, 7) is 7.35. The van der Waals surface area contributed by atoms with Crippen LogP contribution in [0.25, 0.3) is 0 Å². The van der Waals surface area contributed by atoms with Crippen LogP contribution >= 0.6 is 0 Å². The van der Waals surface area contributed by atoms with Gasteiger partial charge in [0.15, 0.2) is 0 Å². The molecule has 0 spiro atoms. The van der Waals surface area contributed by atoms with Crippen LogP contribution in [0.15, 0.2) is 0 Å². The van der Waals surface area contributed by atoms with Crippen LogP contribution < -0.4 is 0 Å². The summed E-state index contributed by atoms with van der Waals surface area (Å²) in [7, 11) is 4.26. The summed E-state index contributed by atoms with van der Waals surface area (Å²) in [5.74, 6) is 0. The van der Waals surface area contributed by atoms with Crippen LogP contribution in [0.1, 0.15) is 26.7 Å². The first kappa shape index (κ1) is 14.9. The zero-order valence-electron chi connectivity index (χ0n) is 11.7. The SMILES string of the molecule is CC(C)OCC(O)CN(C)CC1CCCN1C. The second kappa shape index (κ2) is 7.31. The van der Waals surface area contributed by atoms with E-state index in [4.69, 9.17) is 4.74 Å². The van der Waals surface area contributed by atoms with Crippen molar-refractivity contribution in [1.29, 1.82) is 0 Å². The predicted molar refractivity (Wildman–Crippen MR) is 70.2 cm³/mol. The summed E-state index contributed by atoms with van der Waals surface area (Å²) in [5.41, 5.74) is 0. The van der Waals surface area contributed by atoms with E-state index in [9.17, 15) is 5.11 Å². The van der Waals surface area contributed by atoms with Gasteiger partial charge in [-0.2, -0.15) is 0 Å². The summed E-state index contributed by atoms with van der Waals surface area (Å²) in [4.78, 5) is 4.62. The highest BCUT2D eigenvalue weighted by Crippen LogP contribution is 2.15. The van der Waals surface area contributed by atoms with Gasteiger partial charge >= 0.3 is 0 Å². The number of aliphatic hydroxyl groups is 1. The van der Waals surface area contributed by atoms with Gasteiger partial charge in [0.2, 0.25) is 0 Å². The molecule has 1 aliphatic heterocycles. The Morgan fingerprint density at radius 3 is 2.71 bits per heavy atom. The molecule has 0 aromatic rings. The molecule has 0 aromatic carbocycles. The van der Waals surface area contributed by atoms with Gasteiger partial charge in [-0.05, 0) is 47.3 Å². The summed E-state index contributed by atoms with van der Waals surface area (Å²) < 4.78 is 5.41. The third-order valence-corrected chi connectivity index (χ3v) is 3.34. The molecule has 4 nitrogen and oxygen atoms in total. The van der Waals surface area contributed by atoms with Crippen LogP contribution in [0, 0.1) is 0 Å². The van der Waals surface area contributed by atoms with Crippen LogP contribution in [0.2, 0.25) is 0 Å². The van der Waals surface area contributed by atoms with Crippen molar-refractivity contribution >= 4 is 0 Å².